The van der Waals surface area contributed by atoms with Gasteiger partial charge in [0.05, 0.1) is 6.54 Å². The molecule has 0 unspecified atom stereocenters. The van der Waals surface area contributed by atoms with Gasteiger partial charge in [-0.05, 0) is 43.0 Å². The third kappa shape index (κ3) is 5.95. The number of amides is 1. The molecule has 0 bridgehead atoms. The maximum atomic E-state index is 12.0. The summed E-state index contributed by atoms with van der Waals surface area (Å²) in [5.41, 5.74) is 7.48. The van der Waals surface area contributed by atoms with Crippen molar-refractivity contribution in [2.24, 2.45) is 5.92 Å². The minimum atomic E-state index is 0.0796. The number of nitrogens with two attached hydrogens (primary N) is 1. The quantitative estimate of drug-likeness (QED) is 0.718. The predicted octanol–water partition coefficient (Wildman–Crippen LogP) is 2.65. The number of carbonyl (C=O) groups is 1. The van der Waals surface area contributed by atoms with E-state index in [1.165, 1.54) is 0 Å². The predicted molar refractivity (Wildman–Crippen MR) is 85.8 cm³/mol. The third-order valence-electron chi connectivity index (χ3n) is 3.13. The Hall–Kier alpha value is -1.71. The Morgan fingerprint density at radius 3 is 2.50 bits per heavy atom. The van der Waals surface area contributed by atoms with E-state index in [-0.39, 0.29) is 5.91 Å². The van der Waals surface area contributed by atoms with Gasteiger partial charge in [0.15, 0.2) is 0 Å². The Kier molecular flexibility index (Phi) is 6.91. The molecule has 1 aromatic carbocycles. The van der Waals surface area contributed by atoms with Crippen LogP contribution < -0.4 is 16.0 Å². The van der Waals surface area contributed by atoms with Crippen molar-refractivity contribution in [2.45, 2.75) is 33.6 Å². The second kappa shape index (κ2) is 8.46. The lowest BCUT2D eigenvalue weighted by atomic mass is 10.1. The van der Waals surface area contributed by atoms with Gasteiger partial charge in [0.1, 0.15) is 0 Å². The van der Waals surface area contributed by atoms with Crippen LogP contribution in [0.1, 0.15) is 33.6 Å². The second-order valence-electron chi connectivity index (χ2n) is 5.55. The third-order valence-corrected chi connectivity index (χ3v) is 3.13. The Labute approximate surface area is 122 Å². The number of carbonyl (C=O) groups excluding carboxylic acids is 1. The van der Waals surface area contributed by atoms with Crippen molar-refractivity contribution in [3.8, 4) is 0 Å². The molecule has 0 atom stereocenters. The van der Waals surface area contributed by atoms with E-state index in [0.717, 1.165) is 37.3 Å². The number of hydrogen-bond acceptors (Lipinski definition) is 3. The summed E-state index contributed by atoms with van der Waals surface area (Å²) in [7, 11) is 0. The van der Waals surface area contributed by atoms with E-state index < -0.39 is 0 Å². The molecule has 1 aromatic rings. The van der Waals surface area contributed by atoms with Gasteiger partial charge in [-0.3, -0.25) is 4.79 Å². The summed E-state index contributed by atoms with van der Waals surface area (Å²) in [5.74, 6) is 0.690. The zero-order chi connectivity index (χ0) is 15.0. The number of nitrogen functional groups attached to an aromatic ring is 1. The molecule has 1 amide bonds. The molecule has 0 saturated carbocycles. The van der Waals surface area contributed by atoms with Crippen LogP contribution in [0.2, 0.25) is 0 Å². The molecule has 0 aromatic heterocycles. The van der Waals surface area contributed by atoms with Crippen molar-refractivity contribution in [2.75, 3.05) is 30.3 Å². The van der Waals surface area contributed by atoms with Crippen molar-refractivity contribution >= 4 is 17.3 Å². The van der Waals surface area contributed by atoms with Crippen molar-refractivity contribution in [1.29, 1.82) is 0 Å². The summed E-state index contributed by atoms with van der Waals surface area (Å²) in [6, 6.07) is 7.67. The van der Waals surface area contributed by atoms with E-state index in [9.17, 15) is 4.79 Å². The summed E-state index contributed by atoms with van der Waals surface area (Å²) >= 11 is 0. The SMILES string of the molecule is CCCN(CC(=O)NCCC(C)C)c1ccc(N)cc1. The molecule has 0 spiro atoms. The van der Waals surface area contributed by atoms with Crippen LogP contribution in [0.4, 0.5) is 11.4 Å². The van der Waals surface area contributed by atoms with Gasteiger partial charge in [-0.2, -0.15) is 0 Å². The number of benzene rings is 1. The summed E-state index contributed by atoms with van der Waals surface area (Å²) in [4.78, 5) is 14.1. The lowest BCUT2D eigenvalue weighted by Gasteiger charge is -2.24. The van der Waals surface area contributed by atoms with E-state index in [4.69, 9.17) is 5.73 Å². The lowest BCUT2D eigenvalue weighted by Crippen LogP contribution is -2.38. The number of anilines is 2. The topological polar surface area (TPSA) is 58.4 Å². The van der Waals surface area contributed by atoms with Crippen LogP contribution in [0.25, 0.3) is 0 Å². The number of nitrogens with one attached hydrogen (secondary N) is 1. The molecule has 0 aliphatic rings. The first-order valence-electron chi connectivity index (χ1n) is 7.40. The zero-order valence-corrected chi connectivity index (χ0v) is 12.9. The van der Waals surface area contributed by atoms with E-state index >= 15 is 0 Å². The van der Waals surface area contributed by atoms with E-state index in [0.29, 0.717) is 12.5 Å². The molecule has 112 valence electrons. The maximum Gasteiger partial charge on any atom is 0.239 e. The van der Waals surface area contributed by atoms with Crippen LogP contribution >= 0.6 is 0 Å². The highest BCUT2D eigenvalue weighted by Crippen LogP contribution is 2.16. The fourth-order valence-corrected chi connectivity index (χ4v) is 1.98. The van der Waals surface area contributed by atoms with Crippen molar-refractivity contribution in [3.63, 3.8) is 0 Å². The Morgan fingerprint density at radius 1 is 1.30 bits per heavy atom. The summed E-state index contributed by atoms with van der Waals surface area (Å²) in [6.07, 6.45) is 2.02. The van der Waals surface area contributed by atoms with Gasteiger partial charge in [-0.25, -0.2) is 0 Å². The minimum Gasteiger partial charge on any atom is -0.399 e. The molecule has 4 heteroatoms. The fourth-order valence-electron chi connectivity index (χ4n) is 1.98. The standard InChI is InChI=1S/C16H27N3O/c1-4-11-19(15-7-5-14(17)6-8-15)12-16(20)18-10-9-13(2)3/h5-8,13H,4,9-12,17H2,1-3H3,(H,18,20). The van der Waals surface area contributed by atoms with Crippen LogP contribution in [-0.2, 0) is 4.79 Å². The number of nitrogens with zero attached hydrogens (tertiary/aromatic N) is 1. The molecule has 0 aliphatic heterocycles. The van der Waals surface area contributed by atoms with Gasteiger partial charge < -0.3 is 16.0 Å². The molecule has 0 heterocycles. The highest BCUT2D eigenvalue weighted by molar-refractivity contribution is 5.81. The van der Waals surface area contributed by atoms with Crippen LogP contribution in [0, 0.1) is 5.92 Å². The average molecular weight is 277 g/mol. The van der Waals surface area contributed by atoms with Gasteiger partial charge in [0, 0.05) is 24.5 Å². The minimum absolute atomic E-state index is 0.0796. The van der Waals surface area contributed by atoms with Crippen molar-refractivity contribution in [3.05, 3.63) is 24.3 Å². The molecular weight excluding hydrogens is 250 g/mol. The van der Waals surface area contributed by atoms with Crippen LogP contribution in [0.5, 0.6) is 0 Å². The van der Waals surface area contributed by atoms with Crippen molar-refractivity contribution in [1.82, 2.24) is 5.32 Å². The van der Waals surface area contributed by atoms with Gasteiger partial charge in [-0.1, -0.05) is 20.8 Å². The Bertz CT molecular complexity index is 401. The van der Waals surface area contributed by atoms with Gasteiger partial charge >= 0.3 is 0 Å². The van der Waals surface area contributed by atoms with Gasteiger partial charge in [0.2, 0.25) is 5.91 Å². The molecule has 0 aliphatic carbocycles. The largest absolute Gasteiger partial charge is 0.399 e. The van der Waals surface area contributed by atoms with Crippen LogP contribution in [0.3, 0.4) is 0 Å². The lowest BCUT2D eigenvalue weighted by molar-refractivity contribution is -0.119. The van der Waals surface area contributed by atoms with E-state index in [1.54, 1.807) is 0 Å². The summed E-state index contributed by atoms with van der Waals surface area (Å²) in [5, 5.41) is 2.98. The Balaban J connectivity index is 2.54. The monoisotopic (exact) mass is 277 g/mol. The second-order valence-corrected chi connectivity index (χ2v) is 5.55. The fraction of sp³-hybridized carbons (Fsp3) is 0.562. The first-order chi connectivity index (χ1) is 9.52. The van der Waals surface area contributed by atoms with Crippen LogP contribution in [0.15, 0.2) is 24.3 Å². The molecule has 4 nitrogen and oxygen atoms in total. The summed E-state index contributed by atoms with van der Waals surface area (Å²) < 4.78 is 0. The molecule has 0 fully saturated rings. The van der Waals surface area contributed by atoms with E-state index in [1.807, 2.05) is 24.3 Å². The average Bonchev–Trinajstić information content (AvgIpc) is 2.38. The molecule has 3 N–H and O–H groups in total. The first-order valence-corrected chi connectivity index (χ1v) is 7.40. The number of hydrogen-bond donors (Lipinski definition) is 2. The first kappa shape index (κ1) is 16.3. The smallest absolute Gasteiger partial charge is 0.239 e. The summed E-state index contributed by atoms with van der Waals surface area (Å²) in [6.45, 7) is 8.43. The van der Waals surface area contributed by atoms with Gasteiger partial charge in [-0.15, -0.1) is 0 Å². The Morgan fingerprint density at radius 2 is 1.95 bits per heavy atom. The maximum absolute atomic E-state index is 12.0. The van der Waals surface area contributed by atoms with Crippen LogP contribution in [-0.4, -0.2) is 25.5 Å². The van der Waals surface area contributed by atoms with E-state index in [2.05, 4.69) is 31.0 Å². The van der Waals surface area contributed by atoms with Gasteiger partial charge in [0.25, 0.3) is 0 Å². The molecule has 0 radical (unpaired) electrons. The molecule has 20 heavy (non-hydrogen) atoms. The normalized spacial score (nSPS) is 10.6. The highest BCUT2D eigenvalue weighted by atomic mass is 16.2. The zero-order valence-electron chi connectivity index (χ0n) is 12.9. The molecule has 1 rings (SSSR count). The molecule has 0 saturated heterocycles. The highest BCUT2D eigenvalue weighted by Gasteiger charge is 2.10. The number of rotatable bonds is 8. The molecular formula is C16H27N3O. The van der Waals surface area contributed by atoms with Crippen molar-refractivity contribution < 1.29 is 4.79 Å².